The maximum atomic E-state index is 14.3. The van der Waals surface area contributed by atoms with Crippen LogP contribution in [0.2, 0.25) is 0 Å². The number of carbonyl (C=O) groups excluding carboxylic acids is 2. The highest BCUT2D eigenvalue weighted by molar-refractivity contribution is 7.20. The van der Waals surface area contributed by atoms with Crippen LogP contribution in [0.25, 0.3) is 49.7 Å². The van der Waals surface area contributed by atoms with Crippen LogP contribution in [-0.2, 0) is 6.54 Å². The predicted octanol–water partition coefficient (Wildman–Crippen LogP) is 6.54. The Bertz CT molecular complexity index is 2250. The molecule has 47 heavy (non-hydrogen) atoms. The van der Waals surface area contributed by atoms with Gasteiger partial charge in [-0.15, -0.1) is 11.3 Å². The maximum Gasteiger partial charge on any atom is 0.277 e. The molecule has 0 aliphatic heterocycles. The minimum Gasteiger partial charge on any atom is -0.383 e. The lowest BCUT2D eigenvalue weighted by molar-refractivity contribution is 0.0951. The van der Waals surface area contributed by atoms with E-state index in [0.717, 1.165) is 39.9 Å². The van der Waals surface area contributed by atoms with Crippen molar-refractivity contribution in [3.05, 3.63) is 119 Å². The average Bonchev–Trinajstić information content (AvgIpc) is 3.70. The quantitative estimate of drug-likeness (QED) is 0.178. The van der Waals surface area contributed by atoms with Crippen molar-refractivity contribution in [2.75, 3.05) is 5.73 Å². The van der Waals surface area contributed by atoms with E-state index in [-0.39, 0.29) is 22.6 Å². The van der Waals surface area contributed by atoms with Gasteiger partial charge in [-0.25, -0.2) is 24.3 Å². The van der Waals surface area contributed by atoms with Gasteiger partial charge < -0.3 is 16.8 Å². The number of anilines is 1. The Morgan fingerprint density at radius 3 is 2.38 bits per heavy atom. The fraction of sp³-hybridized carbons (Fsp3) is 0.0857. The van der Waals surface area contributed by atoms with Crippen molar-refractivity contribution in [3.63, 3.8) is 0 Å². The summed E-state index contributed by atoms with van der Waals surface area (Å²) >= 11 is 0.951. The molecule has 10 nitrogen and oxygen atoms in total. The maximum absolute atomic E-state index is 14.3. The van der Waals surface area contributed by atoms with Crippen LogP contribution in [0.15, 0.2) is 97.2 Å². The number of nitrogen functional groups attached to an aromatic ring is 1. The highest BCUT2D eigenvalue weighted by Gasteiger charge is 2.20. The number of pyridine rings is 2. The van der Waals surface area contributed by atoms with E-state index in [9.17, 15) is 14.0 Å². The molecule has 0 fully saturated rings. The van der Waals surface area contributed by atoms with Gasteiger partial charge in [0.05, 0.1) is 27.0 Å². The number of halogens is 1. The van der Waals surface area contributed by atoms with E-state index < -0.39 is 17.6 Å². The number of fused-ring (bicyclic) bond motifs is 2. The van der Waals surface area contributed by atoms with E-state index >= 15 is 0 Å². The van der Waals surface area contributed by atoms with Crippen LogP contribution >= 0.6 is 11.3 Å². The summed E-state index contributed by atoms with van der Waals surface area (Å²) in [4.78, 5) is 42.8. The van der Waals surface area contributed by atoms with E-state index in [2.05, 4.69) is 15.3 Å². The highest BCUT2D eigenvalue weighted by Crippen LogP contribution is 2.32. The summed E-state index contributed by atoms with van der Waals surface area (Å²) < 4.78 is 16.6. The Hall–Kier alpha value is -6.01. The molecule has 2 amide bonds. The Balaban J connectivity index is 0.00000190. The molecule has 0 bridgehead atoms. The van der Waals surface area contributed by atoms with E-state index in [4.69, 9.17) is 21.4 Å². The van der Waals surface area contributed by atoms with Crippen molar-refractivity contribution in [1.29, 1.82) is 0 Å². The second-order valence-electron chi connectivity index (χ2n) is 10.1. The first-order valence-electron chi connectivity index (χ1n) is 14.8. The number of nitrogens with one attached hydrogen (secondary N) is 1. The Kier molecular flexibility index (Phi) is 8.67. The smallest absolute Gasteiger partial charge is 0.277 e. The van der Waals surface area contributed by atoms with Gasteiger partial charge in [0.2, 0.25) is 0 Å². The molecule has 4 aromatic heterocycles. The van der Waals surface area contributed by atoms with Gasteiger partial charge in [0.25, 0.3) is 11.8 Å². The summed E-state index contributed by atoms with van der Waals surface area (Å²) in [5.41, 5.74) is 17.2. The molecule has 7 aromatic rings. The van der Waals surface area contributed by atoms with Crippen LogP contribution in [0, 0.1) is 5.82 Å². The van der Waals surface area contributed by atoms with Crippen LogP contribution in [0.1, 0.15) is 39.6 Å². The topological polar surface area (TPSA) is 155 Å². The number of imidazole rings is 1. The largest absolute Gasteiger partial charge is 0.383 e. The van der Waals surface area contributed by atoms with Gasteiger partial charge in [0.15, 0.2) is 16.5 Å². The van der Waals surface area contributed by atoms with Crippen LogP contribution in [0.3, 0.4) is 0 Å². The molecule has 234 valence electrons. The number of carbonyl (C=O) groups is 2. The van der Waals surface area contributed by atoms with E-state index in [1.54, 1.807) is 12.3 Å². The monoisotopic (exact) mass is 644 g/mol. The van der Waals surface area contributed by atoms with Gasteiger partial charge in [-0.2, -0.15) is 0 Å². The summed E-state index contributed by atoms with van der Waals surface area (Å²) in [5, 5.41) is 2.83. The molecule has 12 heteroatoms. The molecule has 0 unspecified atom stereocenters. The van der Waals surface area contributed by atoms with Crippen molar-refractivity contribution < 1.29 is 14.0 Å². The number of aromatic nitrogens is 5. The second kappa shape index (κ2) is 13.2. The van der Waals surface area contributed by atoms with Gasteiger partial charge in [0.1, 0.15) is 17.2 Å². The first kappa shape index (κ1) is 31.0. The molecule has 0 saturated carbocycles. The zero-order valence-corrected chi connectivity index (χ0v) is 26.3. The van der Waals surface area contributed by atoms with Crippen LogP contribution < -0.4 is 16.8 Å². The zero-order chi connectivity index (χ0) is 33.1. The molecule has 5 N–H and O–H groups in total. The van der Waals surface area contributed by atoms with Crippen molar-refractivity contribution in [2.45, 2.75) is 20.4 Å². The molecule has 0 saturated heterocycles. The molecule has 0 atom stereocenters. The fourth-order valence-electron chi connectivity index (χ4n) is 5.07. The third-order valence-corrected chi connectivity index (χ3v) is 8.33. The number of nitrogens with zero attached hydrogens (tertiary/aromatic N) is 5. The van der Waals surface area contributed by atoms with Crippen LogP contribution in [-0.4, -0.2) is 36.3 Å². The summed E-state index contributed by atoms with van der Waals surface area (Å²) in [5.74, 6) is -0.957. The minimum absolute atomic E-state index is 0.00468. The van der Waals surface area contributed by atoms with Crippen molar-refractivity contribution in [1.82, 2.24) is 29.8 Å². The molecule has 0 aliphatic rings. The lowest BCUT2D eigenvalue weighted by Gasteiger charge is -2.12. The van der Waals surface area contributed by atoms with Crippen molar-refractivity contribution in [2.24, 2.45) is 5.73 Å². The lowest BCUT2D eigenvalue weighted by Crippen LogP contribution is -2.23. The van der Waals surface area contributed by atoms with Gasteiger partial charge in [-0.05, 0) is 48.0 Å². The molecule has 7 rings (SSSR count). The van der Waals surface area contributed by atoms with Gasteiger partial charge in [-0.1, -0.05) is 56.3 Å². The minimum atomic E-state index is -0.741. The normalized spacial score (nSPS) is 10.9. The van der Waals surface area contributed by atoms with Crippen LogP contribution in [0.5, 0.6) is 0 Å². The average molecular weight is 645 g/mol. The number of thiazole rings is 1. The molecule has 3 aromatic carbocycles. The summed E-state index contributed by atoms with van der Waals surface area (Å²) in [6, 6.07) is 27.2. The molecule has 0 aliphatic carbocycles. The number of benzene rings is 3. The molecule has 4 heterocycles. The number of nitrogens with two attached hydrogens (primary N) is 2. The van der Waals surface area contributed by atoms with Gasteiger partial charge >= 0.3 is 0 Å². The summed E-state index contributed by atoms with van der Waals surface area (Å²) in [6.45, 7) is 4.17. The fourth-order valence-corrected chi connectivity index (χ4v) is 5.98. The first-order valence-corrected chi connectivity index (χ1v) is 15.6. The number of primary amides is 1. The highest BCUT2D eigenvalue weighted by atomic mass is 32.1. The Labute approximate surface area is 273 Å². The molecular formula is C35H29FN8O2S. The third-order valence-electron chi connectivity index (χ3n) is 7.21. The Morgan fingerprint density at radius 2 is 1.66 bits per heavy atom. The number of hydrogen-bond donors (Lipinski definition) is 3. The molecular weight excluding hydrogens is 616 g/mol. The summed E-state index contributed by atoms with van der Waals surface area (Å²) in [6.07, 6.45) is 1.63. The predicted molar refractivity (Wildman–Crippen MR) is 183 cm³/mol. The van der Waals surface area contributed by atoms with Gasteiger partial charge in [0, 0.05) is 30.1 Å². The van der Waals surface area contributed by atoms with E-state index in [1.807, 2.05) is 91.2 Å². The first-order chi connectivity index (χ1) is 22.9. The van der Waals surface area contributed by atoms with E-state index in [0.29, 0.717) is 33.1 Å². The van der Waals surface area contributed by atoms with Crippen molar-refractivity contribution >= 4 is 50.3 Å². The molecule has 0 radical (unpaired) electrons. The van der Waals surface area contributed by atoms with E-state index in [1.165, 1.54) is 6.07 Å². The van der Waals surface area contributed by atoms with Crippen LogP contribution in [0.4, 0.5) is 10.2 Å². The lowest BCUT2D eigenvalue weighted by atomic mass is 10.1. The third kappa shape index (κ3) is 6.14. The van der Waals surface area contributed by atoms with Crippen molar-refractivity contribution in [3.8, 4) is 28.3 Å². The summed E-state index contributed by atoms with van der Waals surface area (Å²) in [7, 11) is 0. The second-order valence-corrected chi connectivity index (χ2v) is 11.1. The SMILES string of the molecule is CC.NC(=O)c1nc2cc(F)cc(C(=O)NCc3ccc(-n4c(-c5cccnc5N)nc5ccc(-c6ccccc6)nc54)cc3)c2s1. The number of rotatable bonds is 7. The van der Waals surface area contributed by atoms with Gasteiger partial charge in [-0.3, -0.25) is 14.2 Å². The standard InChI is InChI=1S/C33H23FN8O2S.C2H6/c34-20-15-23(27-26(16-20)41-33(45-27)29(36)43)32(44)38-17-18-8-10-21(11-9-18)42-30(22-7-4-14-37-28(22)35)40-25-13-12-24(39-31(25)42)19-5-2-1-3-6-19;1-2/h1-16H,17H2,(H2,35,37)(H2,36,43)(H,38,44);1-2H3. The Morgan fingerprint density at radius 1 is 0.894 bits per heavy atom. The number of amides is 2. The molecule has 0 spiro atoms. The number of hydrogen-bond acceptors (Lipinski definition) is 8. The zero-order valence-electron chi connectivity index (χ0n) is 25.4.